The highest BCUT2D eigenvalue weighted by Crippen LogP contribution is 2.24. The maximum Gasteiger partial charge on any atom is 0.255 e. The molecular formula is C17H20N2O. The molecule has 0 radical (unpaired) electrons. The molecule has 0 bridgehead atoms. The van der Waals surface area contributed by atoms with E-state index in [0.717, 1.165) is 53.7 Å². The number of nitrogens with zero attached hydrogens (tertiary/aromatic N) is 2. The van der Waals surface area contributed by atoms with E-state index in [0.29, 0.717) is 0 Å². The number of benzene rings is 1. The van der Waals surface area contributed by atoms with Gasteiger partial charge in [-0.2, -0.15) is 0 Å². The second-order valence-electron chi connectivity index (χ2n) is 5.57. The van der Waals surface area contributed by atoms with Crippen LogP contribution in [0.4, 0.5) is 0 Å². The maximum atomic E-state index is 12.8. The van der Waals surface area contributed by atoms with Crippen molar-refractivity contribution < 1.29 is 4.79 Å². The number of piperidine rings is 1. The van der Waals surface area contributed by atoms with Crippen LogP contribution in [-0.4, -0.2) is 28.9 Å². The molecule has 3 heteroatoms. The lowest BCUT2D eigenvalue weighted by Gasteiger charge is -2.28. The Hall–Kier alpha value is -1.90. The van der Waals surface area contributed by atoms with Crippen LogP contribution in [0.15, 0.2) is 24.3 Å². The number of carbonyl (C=O) groups excluding carboxylic acids is 1. The number of aryl methyl sites for hydroxylation is 2. The van der Waals surface area contributed by atoms with Gasteiger partial charge in [-0.1, -0.05) is 18.2 Å². The van der Waals surface area contributed by atoms with Gasteiger partial charge < -0.3 is 4.90 Å². The van der Waals surface area contributed by atoms with Crippen LogP contribution >= 0.6 is 0 Å². The number of rotatable bonds is 1. The highest BCUT2D eigenvalue weighted by molar-refractivity contribution is 6.01. The summed E-state index contributed by atoms with van der Waals surface area (Å²) in [4.78, 5) is 19.4. The molecule has 2 heterocycles. The second kappa shape index (κ2) is 5.23. The molecule has 1 aliphatic rings. The van der Waals surface area contributed by atoms with Crippen LogP contribution in [0.2, 0.25) is 0 Å². The molecule has 0 atom stereocenters. The molecule has 20 heavy (non-hydrogen) atoms. The van der Waals surface area contributed by atoms with Crippen molar-refractivity contribution in [3.05, 3.63) is 41.1 Å². The van der Waals surface area contributed by atoms with Crippen LogP contribution < -0.4 is 0 Å². The zero-order chi connectivity index (χ0) is 14.1. The number of aromatic nitrogens is 1. The number of fused-ring (bicyclic) bond motifs is 1. The van der Waals surface area contributed by atoms with Crippen LogP contribution in [0.5, 0.6) is 0 Å². The van der Waals surface area contributed by atoms with Gasteiger partial charge in [0.25, 0.3) is 5.91 Å². The van der Waals surface area contributed by atoms with Crippen molar-refractivity contribution in [1.29, 1.82) is 0 Å². The first kappa shape index (κ1) is 13.1. The largest absolute Gasteiger partial charge is 0.339 e. The Morgan fingerprint density at radius 2 is 1.80 bits per heavy atom. The second-order valence-corrected chi connectivity index (χ2v) is 5.57. The molecule has 2 aromatic rings. The molecule has 0 unspecified atom stereocenters. The van der Waals surface area contributed by atoms with Crippen LogP contribution in [0.25, 0.3) is 10.9 Å². The molecule has 0 aliphatic carbocycles. The van der Waals surface area contributed by atoms with E-state index in [2.05, 4.69) is 4.98 Å². The lowest BCUT2D eigenvalue weighted by Crippen LogP contribution is -2.36. The monoisotopic (exact) mass is 268 g/mol. The molecule has 1 aliphatic heterocycles. The predicted molar refractivity (Wildman–Crippen MR) is 81.0 cm³/mol. The molecule has 1 saturated heterocycles. The summed E-state index contributed by atoms with van der Waals surface area (Å²) in [6.45, 7) is 5.74. The Bertz CT molecular complexity index is 657. The van der Waals surface area contributed by atoms with Crippen molar-refractivity contribution in [2.45, 2.75) is 33.1 Å². The Labute approximate surface area is 119 Å². The van der Waals surface area contributed by atoms with Gasteiger partial charge in [-0.25, -0.2) is 0 Å². The number of carbonyl (C=O) groups is 1. The highest BCUT2D eigenvalue weighted by Gasteiger charge is 2.23. The van der Waals surface area contributed by atoms with Gasteiger partial charge in [0.2, 0.25) is 0 Å². The van der Waals surface area contributed by atoms with E-state index in [1.807, 2.05) is 43.0 Å². The van der Waals surface area contributed by atoms with E-state index >= 15 is 0 Å². The quantitative estimate of drug-likeness (QED) is 0.793. The van der Waals surface area contributed by atoms with Crippen molar-refractivity contribution in [3.63, 3.8) is 0 Å². The number of amides is 1. The smallest absolute Gasteiger partial charge is 0.255 e. The maximum absolute atomic E-state index is 12.8. The molecule has 0 N–H and O–H groups in total. The lowest BCUT2D eigenvalue weighted by molar-refractivity contribution is 0.0722. The first-order valence-corrected chi connectivity index (χ1v) is 7.33. The van der Waals surface area contributed by atoms with Gasteiger partial charge in [0, 0.05) is 18.5 Å². The van der Waals surface area contributed by atoms with Crippen molar-refractivity contribution in [2.75, 3.05) is 13.1 Å². The summed E-state index contributed by atoms with van der Waals surface area (Å²) >= 11 is 0. The molecule has 1 amide bonds. The zero-order valence-electron chi connectivity index (χ0n) is 12.1. The average Bonchev–Trinajstić information content (AvgIpc) is 2.48. The first-order valence-electron chi connectivity index (χ1n) is 7.33. The number of hydrogen-bond donors (Lipinski definition) is 0. The molecule has 0 spiro atoms. The van der Waals surface area contributed by atoms with Crippen LogP contribution in [0.3, 0.4) is 0 Å². The minimum absolute atomic E-state index is 0.151. The van der Waals surface area contributed by atoms with Gasteiger partial charge in [0.05, 0.1) is 16.8 Å². The summed E-state index contributed by atoms with van der Waals surface area (Å²) in [5, 5.41) is 1.08. The summed E-state index contributed by atoms with van der Waals surface area (Å²) in [7, 11) is 0. The van der Waals surface area contributed by atoms with E-state index in [4.69, 9.17) is 0 Å². The van der Waals surface area contributed by atoms with Crippen molar-refractivity contribution >= 4 is 16.8 Å². The molecule has 3 rings (SSSR count). The minimum atomic E-state index is 0.151. The SMILES string of the molecule is Cc1nc2ccccc2c(C)c1C(=O)N1CCCCC1. The fourth-order valence-electron chi connectivity index (χ4n) is 3.10. The van der Waals surface area contributed by atoms with Gasteiger partial charge in [-0.3, -0.25) is 9.78 Å². The third-order valence-corrected chi connectivity index (χ3v) is 4.19. The summed E-state index contributed by atoms with van der Waals surface area (Å²) in [5.41, 5.74) is 3.67. The molecule has 1 aromatic heterocycles. The topological polar surface area (TPSA) is 33.2 Å². The van der Waals surface area contributed by atoms with Gasteiger partial charge in [-0.05, 0) is 44.7 Å². The Kier molecular flexibility index (Phi) is 3.43. The van der Waals surface area contributed by atoms with E-state index < -0.39 is 0 Å². The Balaban J connectivity index is 2.08. The summed E-state index contributed by atoms with van der Waals surface area (Å²) in [6.07, 6.45) is 3.47. The molecule has 104 valence electrons. The minimum Gasteiger partial charge on any atom is -0.339 e. The summed E-state index contributed by atoms with van der Waals surface area (Å²) in [6, 6.07) is 8.04. The normalized spacial score (nSPS) is 15.6. The average molecular weight is 268 g/mol. The first-order chi connectivity index (χ1) is 9.68. The predicted octanol–water partition coefficient (Wildman–Crippen LogP) is 3.48. The third kappa shape index (κ3) is 2.17. The Morgan fingerprint density at radius 3 is 2.55 bits per heavy atom. The van der Waals surface area contributed by atoms with E-state index in [9.17, 15) is 4.79 Å². The van der Waals surface area contributed by atoms with Crippen LogP contribution in [0, 0.1) is 13.8 Å². The molecule has 0 saturated carbocycles. The number of para-hydroxylation sites is 1. The van der Waals surface area contributed by atoms with Gasteiger partial charge in [0.1, 0.15) is 0 Å². The number of pyridine rings is 1. The standard InChI is InChI=1S/C17H20N2O/c1-12-14-8-4-5-9-15(14)18-13(2)16(12)17(20)19-10-6-3-7-11-19/h4-5,8-9H,3,6-7,10-11H2,1-2H3. The molecular weight excluding hydrogens is 248 g/mol. The fraction of sp³-hybridized carbons (Fsp3) is 0.412. The van der Waals surface area contributed by atoms with E-state index in [-0.39, 0.29) is 5.91 Å². The van der Waals surface area contributed by atoms with Crippen LogP contribution in [-0.2, 0) is 0 Å². The number of likely N-dealkylation sites (tertiary alicyclic amines) is 1. The Morgan fingerprint density at radius 1 is 1.10 bits per heavy atom. The number of hydrogen-bond acceptors (Lipinski definition) is 2. The summed E-state index contributed by atoms with van der Waals surface area (Å²) in [5.74, 6) is 0.151. The van der Waals surface area contributed by atoms with Gasteiger partial charge >= 0.3 is 0 Å². The van der Waals surface area contributed by atoms with Crippen molar-refractivity contribution in [1.82, 2.24) is 9.88 Å². The van der Waals surface area contributed by atoms with Gasteiger partial charge in [-0.15, -0.1) is 0 Å². The fourth-order valence-corrected chi connectivity index (χ4v) is 3.10. The van der Waals surface area contributed by atoms with Crippen molar-refractivity contribution in [3.8, 4) is 0 Å². The van der Waals surface area contributed by atoms with E-state index in [1.54, 1.807) is 0 Å². The highest BCUT2D eigenvalue weighted by atomic mass is 16.2. The molecule has 3 nitrogen and oxygen atoms in total. The van der Waals surface area contributed by atoms with Crippen LogP contribution in [0.1, 0.15) is 40.9 Å². The van der Waals surface area contributed by atoms with Crippen molar-refractivity contribution in [2.24, 2.45) is 0 Å². The summed E-state index contributed by atoms with van der Waals surface area (Å²) < 4.78 is 0. The lowest BCUT2D eigenvalue weighted by atomic mass is 10.00. The molecule has 1 aromatic carbocycles. The zero-order valence-corrected chi connectivity index (χ0v) is 12.1. The molecule has 1 fully saturated rings. The van der Waals surface area contributed by atoms with E-state index in [1.165, 1.54) is 6.42 Å². The van der Waals surface area contributed by atoms with Gasteiger partial charge in [0.15, 0.2) is 0 Å². The third-order valence-electron chi connectivity index (χ3n) is 4.19.